The molecule has 2 rings (SSSR count). The minimum Gasteiger partial charge on any atom is -0.352 e. The highest BCUT2D eigenvalue weighted by Crippen LogP contribution is 2.29. The van der Waals surface area contributed by atoms with Gasteiger partial charge in [-0.15, -0.1) is 0 Å². The molecular weight excluding hydrogens is 258 g/mol. The summed E-state index contributed by atoms with van der Waals surface area (Å²) in [5.74, 6) is 1.74. The van der Waals surface area contributed by atoms with E-state index < -0.39 is 0 Å². The Morgan fingerprint density at radius 3 is 2.84 bits per heavy atom. The van der Waals surface area contributed by atoms with E-state index in [2.05, 4.69) is 29.1 Å². The Bertz CT molecular complexity index is 412. The van der Waals surface area contributed by atoms with Gasteiger partial charge in [-0.05, 0) is 24.3 Å². The summed E-state index contributed by atoms with van der Waals surface area (Å²) in [4.78, 5) is 20.1. The van der Waals surface area contributed by atoms with Crippen molar-refractivity contribution in [3.8, 4) is 0 Å². The molecule has 1 N–H and O–H groups in total. The van der Waals surface area contributed by atoms with Gasteiger partial charge in [0.15, 0.2) is 5.16 Å². The highest BCUT2D eigenvalue weighted by molar-refractivity contribution is 7.99. The van der Waals surface area contributed by atoms with Crippen molar-refractivity contribution in [2.45, 2.75) is 44.3 Å². The van der Waals surface area contributed by atoms with E-state index in [0.717, 1.165) is 6.42 Å². The second-order valence-electron chi connectivity index (χ2n) is 5.26. The van der Waals surface area contributed by atoms with Crippen LogP contribution in [0.3, 0.4) is 0 Å². The van der Waals surface area contributed by atoms with Gasteiger partial charge in [0, 0.05) is 18.4 Å². The van der Waals surface area contributed by atoms with Crippen LogP contribution < -0.4 is 5.32 Å². The molecule has 1 saturated carbocycles. The van der Waals surface area contributed by atoms with E-state index in [1.807, 2.05) is 0 Å². The zero-order valence-corrected chi connectivity index (χ0v) is 12.3. The number of nitrogens with one attached hydrogen (secondary N) is 1. The van der Waals surface area contributed by atoms with Crippen LogP contribution in [0.2, 0.25) is 0 Å². The van der Waals surface area contributed by atoms with Crippen LogP contribution in [0.1, 0.15) is 33.1 Å². The Morgan fingerprint density at radius 2 is 2.11 bits per heavy atom. The smallest absolute Gasteiger partial charge is 0.230 e. The van der Waals surface area contributed by atoms with Crippen LogP contribution in [-0.2, 0) is 4.79 Å². The summed E-state index contributed by atoms with van der Waals surface area (Å²) < 4.78 is 0. The highest BCUT2D eigenvalue weighted by atomic mass is 32.2. The molecular formula is C14H21N3OS. The van der Waals surface area contributed by atoms with Crippen LogP contribution in [-0.4, -0.2) is 27.7 Å². The van der Waals surface area contributed by atoms with Crippen LogP contribution in [0, 0.1) is 11.8 Å². The predicted octanol–water partition coefficient (Wildman–Crippen LogP) is 2.51. The lowest BCUT2D eigenvalue weighted by Crippen LogP contribution is -2.44. The van der Waals surface area contributed by atoms with Crippen LogP contribution in [0.15, 0.2) is 23.6 Å². The Balaban J connectivity index is 1.78. The summed E-state index contributed by atoms with van der Waals surface area (Å²) in [5.41, 5.74) is 0. The van der Waals surface area contributed by atoms with E-state index >= 15 is 0 Å². The molecule has 19 heavy (non-hydrogen) atoms. The van der Waals surface area contributed by atoms with Gasteiger partial charge in [0.05, 0.1) is 5.75 Å². The van der Waals surface area contributed by atoms with Crippen molar-refractivity contribution in [2.75, 3.05) is 5.75 Å². The molecule has 0 radical (unpaired) electrons. The SMILES string of the molecule is C[C@H]1[C@@H](NC(=O)CSc2ncccn2)CCC[C@@H]1C. The lowest BCUT2D eigenvalue weighted by molar-refractivity contribution is -0.120. The van der Waals surface area contributed by atoms with Crippen LogP contribution in [0.5, 0.6) is 0 Å². The van der Waals surface area contributed by atoms with Gasteiger partial charge in [-0.3, -0.25) is 4.79 Å². The molecule has 1 fully saturated rings. The van der Waals surface area contributed by atoms with Crippen molar-refractivity contribution in [1.29, 1.82) is 0 Å². The van der Waals surface area contributed by atoms with E-state index in [1.165, 1.54) is 24.6 Å². The van der Waals surface area contributed by atoms with Crippen molar-refractivity contribution in [2.24, 2.45) is 11.8 Å². The van der Waals surface area contributed by atoms with Crippen molar-refractivity contribution in [3.05, 3.63) is 18.5 Å². The molecule has 4 nitrogen and oxygen atoms in total. The third-order valence-electron chi connectivity index (χ3n) is 3.93. The molecule has 5 heteroatoms. The number of carbonyl (C=O) groups is 1. The van der Waals surface area contributed by atoms with Gasteiger partial charge < -0.3 is 5.32 Å². The lowest BCUT2D eigenvalue weighted by atomic mass is 9.78. The first-order valence-electron chi connectivity index (χ1n) is 6.86. The maximum absolute atomic E-state index is 11.9. The van der Waals surface area contributed by atoms with Crippen LogP contribution in [0.4, 0.5) is 0 Å². The molecule has 0 bridgehead atoms. The highest BCUT2D eigenvalue weighted by Gasteiger charge is 2.27. The molecule has 0 saturated heterocycles. The standard InChI is InChI=1S/C14H21N3OS/c1-10-5-3-6-12(11(10)2)17-13(18)9-19-14-15-7-4-8-16-14/h4,7-8,10-12H,3,5-6,9H2,1-2H3,(H,17,18)/t10-,11+,12-/m0/s1. The fourth-order valence-electron chi connectivity index (χ4n) is 2.52. The predicted molar refractivity (Wildman–Crippen MR) is 76.9 cm³/mol. The molecule has 104 valence electrons. The third-order valence-corrected chi connectivity index (χ3v) is 4.80. The summed E-state index contributed by atoms with van der Waals surface area (Å²) in [6.45, 7) is 4.51. The molecule has 0 unspecified atom stereocenters. The molecule has 1 aliphatic carbocycles. The maximum atomic E-state index is 11.9. The molecule has 1 aliphatic rings. The van der Waals surface area contributed by atoms with Crippen molar-refractivity contribution in [1.82, 2.24) is 15.3 Å². The first-order valence-corrected chi connectivity index (χ1v) is 7.84. The Morgan fingerprint density at radius 1 is 1.37 bits per heavy atom. The largest absolute Gasteiger partial charge is 0.352 e. The average molecular weight is 279 g/mol. The average Bonchev–Trinajstić information content (AvgIpc) is 2.43. The Hall–Kier alpha value is -1.10. The number of hydrogen-bond acceptors (Lipinski definition) is 4. The van der Waals surface area contributed by atoms with Gasteiger partial charge in [-0.2, -0.15) is 0 Å². The van der Waals surface area contributed by atoms with E-state index in [9.17, 15) is 4.79 Å². The zero-order chi connectivity index (χ0) is 13.7. The second-order valence-corrected chi connectivity index (χ2v) is 6.20. The Kier molecular flexibility index (Phi) is 5.19. The molecule has 0 aromatic carbocycles. The van der Waals surface area contributed by atoms with Crippen LogP contribution >= 0.6 is 11.8 Å². The monoisotopic (exact) mass is 279 g/mol. The van der Waals surface area contributed by atoms with Gasteiger partial charge >= 0.3 is 0 Å². The fraction of sp³-hybridized carbons (Fsp3) is 0.643. The third kappa shape index (κ3) is 4.20. The molecule has 1 amide bonds. The fourth-order valence-corrected chi connectivity index (χ4v) is 3.14. The number of amides is 1. The van der Waals surface area contributed by atoms with E-state index in [-0.39, 0.29) is 5.91 Å². The molecule has 1 aromatic rings. The molecule has 0 spiro atoms. The lowest BCUT2D eigenvalue weighted by Gasteiger charge is -2.34. The number of rotatable bonds is 4. The number of hydrogen-bond donors (Lipinski definition) is 1. The van der Waals surface area contributed by atoms with Crippen molar-refractivity contribution in [3.63, 3.8) is 0 Å². The van der Waals surface area contributed by atoms with Gasteiger partial charge in [0.2, 0.25) is 5.91 Å². The maximum Gasteiger partial charge on any atom is 0.230 e. The summed E-state index contributed by atoms with van der Waals surface area (Å²) in [5, 5.41) is 3.81. The minimum atomic E-state index is 0.0865. The first kappa shape index (κ1) is 14.3. The molecule has 0 aliphatic heterocycles. The summed E-state index contributed by atoms with van der Waals surface area (Å²) in [7, 11) is 0. The minimum absolute atomic E-state index is 0.0865. The summed E-state index contributed by atoms with van der Waals surface area (Å²) in [6, 6.07) is 2.10. The normalized spacial score (nSPS) is 26.9. The van der Waals surface area contributed by atoms with E-state index in [0.29, 0.717) is 28.8 Å². The number of nitrogens with zero attached hydrogens (tertiary/aromatic N) is 2. The molecule has 1 aromatic heterocycles. The Labute approximate surface area is 118 Å². The van der Waals surface area contributed by atoms with E-state index in [1.54, 1.807) is 18.5 Å². The van der Waals surface area contributed by atoms with Gasteiger partial charge in [0.25, 0.3) is 0 Å². The van der Waals surface area contributed by atoms with E-state index in [4.69, 9.17) is 0 Å². The quantitative estimate of drug-likeness (QED) is 0.679. The number of aromatic nitrogens is 2. The molecule has 1 heterocycles. The van der Waals surface area contributed by atoms with Crippen molar-refractivity contribution >= 4 is 17.7 Å². The molecule has 3 atom stereocenters. The van der Waals surface area contributed by atoms with Crippen LogP contribution in [0.25, 0.3) is 0 Å². The number of carbonyl (C=O) groups excluding carboxylic acids is 1. The van der Waals surface area contributed by atoms with Gasteiger partial charge in [-0.1, -0.05) is 38.5 Å². The van der Waals surface area contributed by atoms with Gasteiger partial charge in [0.1, 0.15) is 0 Å². The summed E-state index contributed by atoms with van der Waals surface area (Å²) in [6.07, 6.45) is 6.98. The second kappa shape index (κ2) is 6.89. The zero-order valence-electron chi connectivity index (χ0n) is 11.5. The van der Waals surface area contributed by atoms with Gasteiger partial charge in [-0.25, -0.2) is 9.97 Å². The van der Waals surface area contributed by atoms with Crippen molar-refractivity contribution < 1.29 is 4.79 Å². The first-order chi connectivity index (χ1) is 9.16. The topological polar surface area (TPSA) is 54.9 Å². The number of thioether (sulfide) groups is 1. The summed E-state index contributed by atoms with van der Waals surface area (Å²) >= 11 is 1.38.